The maximum absolute atomic E-state index is 10.7. The van der Waals surface area contributed by atoms with E-state index in [9.17, 15) is 5.11 Å². The quantitative estimate of drug-likeness (QED) is 0.674. The van der Waals surface area contributed by atoms with Crippen LogP contribution in [0, 0.1) is 23.7 Å². The zero-order chi connectivity index (χ0) is 9.76. The van der Waals surface area contributed by atoms with Gasteiger partial charge in [-0.1, -0.05) is 0 Å². The molecule has 4 bridgehead atoms. The Kier molecular flexibility index (Phi) is 1.94. The fourth-order valence-corrected chi connectivity index (χ4v) is 4.69. The molecule has 4 rings (SSSR count). The lowest BCUT2D eigenvalue weighted by Gasteiger charge is -2.58. The molecule has 4 aliphatic rings. The molecule has 0 amide bonds. The summed E-state index contributed by atoms with van der Waals surface area (Å²) in [5.41, 5.74) is 3.61. The molecule has 0 atom stereocenters. The predicted octanol–water partition coefficient (Wildman–Crippen LogP) is 0.806. The van der Waals surface area contributed by atoms with E-state index in [1.165, 1.54) is 32.1 Å². The molecule has 0 aromatic rings. The third-order valence-electron chi connectivity index (χ3n) is 5.13. The zero-order valence-electron chi connectivity index (χ0n) is 8.91. The summed E-state index contributed by atoms with van der Waals surface area (Å²) in [5.74, 6) is 3.17. The number of hydrogen-bond donors (Lipinski definition) is 2. The monoisotopic (exact) mass is 196 g/mol. The molecule has 80 valence electrons. The molecule has 4 aliphatic carbocycles. The van der Waals surface area contributed by atoms with Crippen molar-refractivity contribution >= 4 is 0 Å². The summed E-state index contributed by atoms with van der Waals surface area (Å²) in [6.07, 6.45) is 7.65. The van der Waals surface area contributed by atoms with Crippen molar-refractivity contribution in [3.05, 3.63) is 0 Å². The van der Waals surface area contributed by atoms with E-state index in [0.717, 1.165) is 24.8 Å². The third-order valence-corrected chi connectivity index (χ3v) is 5.13. The molecule has 4 saturated carbocycles. The van der Waals surface area contributed by atoms with Gasteiger partial charge in [0.1, 0.15) is 0 Å². The van der Waals surface area contributed by atoms with Gasteiger partial charge in [-0.15, -0.1) is 0 Å². The maximum Gasteiger partial charge on any atom is 0.0767 e. The Morgan fingerprint density at radius 3 is 1.93 bits per heavy atom. The highest BCUT2D eigenvalue weighted by Crippen LogP contribution is 2.58. The summed E-state index contributed by atoms with van der Waals surface area (Å²) in [6, 6.07) is 0. The molecule has 2 heteroatoms. The van der Waals surface area contributed by atoms with E-state index >= 15 is 0 Å². The Bertz CT molecular complexity index is 210. The summed E-state index contributed by atoms with van der Waals surface area (Å²) in [4.78, 5) is 0. The van der Waals surface area contributed by atoms with Crippen LogP contribution in [0.3, 0.4) is 0 Å². The summed E-state index contributed by atoms with van der Waals surface area (Å²) < 4.78 is 0. The molecule has 0 spiro atoms. The normalized spacial score (nSPS) is 55.3. The van der Waals surface area contributed by atoms with E-state index in [1.807, 2.05) is 0 Å². The van der Waals surface area contributed by atoms with Crippen molar-refractivity contribution in [2.75, 3.05) is 6.54 Å². The molecule has 0 aromatic carbocycles. The van der Waals surface area contributed by atoms with Gasteiger partial charge in [-0.2, -0.15) is 0 Å². The molecule has 0 aromatic heterocycles. The second kappa shape index (κ2) is 2.96. The molecule has 0 heterocycles. The lowest BCUT2D eigenvalue weighted by molar-refractivity contribution is -0.379. The van der Waals surface area contributed by atoms with Gasteiger partial charge < -0.3 is 10.8 Å². The highest BCUT2D eigenvalue weighted by atomic mass is 16.3. The van der Waals surface area contributed by atoms with Crippen LogP contribution in [0.2, 0.25) is 0 Å². The molecule has 0 unspecified atom stereocenters. The van der Waals surface area contributed by atoms with Crippen molar-refractivity contribution in [3.8, 4) is 0 Å². The number of quaternary nitrogens is 1. The van der Waals surface area contributed by atoms with E-state index in [-0.39, 0.29) is 5.60 Å². The highest BCUT2D eigenvalue weighted by molar-refractivity contribution is 5.06. The van der Waals surface area contributed by atoms with Crippen molar-refractivity contribution < 1.29 is 10.8 Å². The van der Waals surface area contributed by atoms with E-state index in [2.05, 4.69) is 5.73 Å². The number of rotatable bonds is 2. The minimum absolute atomic E-state index is 0.310. The van der Waals surface area contributed by atoms with Gasteiger partial charge in [-0.25, -0.2) is 0 Å². The Morgan fingerprint density at radius 2 is 1.50 bits per heavy atom. The van der Waals surface area contributed by atoms with Crippen molar-refractivity contribution in [3.63, 3.8) is 0 Å². The molecule has 2 nitrogen and oxygen atoms in total. The van der Waals surface area contributed by atoms with E-state index < -0.39 is 0 Å². The van der Waals surface area contributed by atoms with Crippen LogP contribution in [0.25, 0.3) is 0 Å². The van der Waals surface area contributed by atoms with Crippen LogP contribution < -0.4 is 5.73 Å². The first-order valence-electron chi connectivity index (χ1n) is 6.24. The van der Waals surface area contributed by atoms with Crippen LogP contribution in [0.4, 0.5) is 0 Å². The summed E-state index contributed by atoms with van der Waals surface area (Å²) in [6.45, 7) is 0.902. The zero-order valence-corrected chi connectivity index (χ0v) is 8.91. The Labute approximate surface area is 85.9 Å². The number of aliphatic hydroxyl groups is 1. The smallest absolute Gasteiger partial charge is 0.0767 e. The molecule has 0 aliphatic heterocycles. The summed E-state index contributed by atoms with van der Waals surface area (Å²) >= 11 is 0. The molecule has 0 radical (unpaired) electrons. The average Bonchev–Trinajstić information content (AvgIpc) is 2.14. The topological polar surface area (TPSA) is 47.9 Å². The SMILES string of the molecule is [NH3+]CCC1(O)C2CC3CC(C2)CC1C3. The van der Waals surface area contributed by atoms with E-state index in [4.69, 9.17) is 0 Å². The Hall–Kier alpha value is -0.0800. The minimum atomic E-state index is -0.310. The lowest BCUT2D eigenvalue weighted by Crippen LogP contribution is -2.62. The predicted molar refractivity (Wildman–Crippen MR) is 54.4 cm³/mol. The first-order valence-corrected chi connectivity index (χ1v) is 6.24. The Morgan fingerprint density at radius 1 is 1.00 bits per heavy atom. The standard InChI is InChI=1S/C12H21NO/c13-2-1-12(14)10-4-8-3-9(6-10)7-11(12)5-8/h8-11,14H,1-7,13H2/p+1. The van der Waals surface area contributed by atoms with Gasteiger partial charge in [0.15, 0.2) is 0 Å². The van der Waals surface area contributed by atoms with Gasteiger partial charge in [0.2, 0.25) is 0 Å². The van der Waals surface area contributed by atoms with Crippen LogP contribution in [0.5, 0.6) is 0 Å². The van der Waals surface area contributed by atoms with Crippen LogP contribution >= 0.6 is 0 Å². The molecular formula is C12H22NO+. The highest BCUT2D eigenvalue weighted by Gasteiger charge is 2.56. The van der Waals surface area contributed by atoms with Crippen molar-refractivity contribution in [2.45, 2.75) is 44.1 Å². The van der Waals surface area contributed by atoms with Gasteiger partial charge >= 0.3 is 0 Å². The van der Waals surface area contributed by atoms with Gasteiger partial charge in [-0.3, -0.25) is 0 Å². The molecule has 14 heavy (non-hydrogen) atoms. The van der Waals surface area contributed by atoms with Crippen LogP contribution in [-0.2, 0) is 0 Å². The van der Waals surface area contributed by atoms with E-state index in [0.29, 0.717) is 11.8 Å². The summed E-state index contributed by atoms with van der Waals surface area (Å²) in [7, 11) is 0. The van der Waals surface area contributed by atoms with Crippen LogP contribution in [0.1, 0.15) is 38.5 Å². The maximum atomic E-state index is 10.7. The van der Waals surface area contributed by atoms with Crippen molar-refractivity contribution in [2.24, 2.45) is 23.7 Å². The molecule has 0 saturated heterocycles. The second-order valence-electron chi connectivity index (χ2n) is 5.90. The fraction of sp³-hybridized carbons (Fsp3) is 1.00. The molecule has 4 N–H and O–H groups in total. The van der Waals surface area contributed by atoms with Crippen molar-refractivity contribution in [1.82, 2.24) is 0 Å². The lowest BCUT2D eigenvalue weighted by atomic mass is 9.49. The summed E-state index contributed by atoms with van der Waals surface area (Å²) in [5, 5.41) is 10.7. The van der Waals surface area contributed by atoms with Crippen molar-refractivity contribution in [1.29, 1.82) is 0 Å². The van der Waals surface area contributed by atoms with Crippen LogP contribution in [0.15, 0.2) is 0 Å². The fourth-order valence-electron chi connectivity index (χ4n) is 4.69. The first kappa shape index (κ1) is 9.17. The molecule has 4 fully saturated rings. The average molecular weight is 196 g/mol. The third kappa shape index (κ3) is 1.10. The largest absolute Gasteiger partial charge is 0.389 e. The number of hydrogen-bond acceptors (Lipinski definition) is 1. The first-order chi connectivity index (χ1) is 6.72. The van der Waals surface area contributed by atoms with Gasteiger partial charge in [0, 0.05) is 6.42 Å². The van der Waals surface area contributed by atoms with E-state index in [1.54, 1.807) is 0 Å². The minimum Gasteiger partial charge on any atom is -0.389 e. The molecular weight excluding hydrogens is 174 g/mol. The van der Waals surface area contributed by atoms with Gasteiger partial charge in [-0.05, 0) is 55.8 Å². The van der Waals surface area contributed by atoms with Gasteiger partial charge in [0.25, 0.3) is 0 Å². The van der Waals surface area contributed by atoms with Crippen LogP contribution in [-0.4, -0.2) is 17.3 Å². The Balaban J connectivity index is 1.87. The second-order valence-corrected chi connectivity index (χ2v) is 5.90. The van der Waals surface area contributed by atoms with Gasteiger partial charge in [0.05, 0.1) is 12.1 Å².